The molecule has 1 saturated heterocycles. The SMILES string of the molecule is CC(C)C1CN(C(=O)Nc2ccc(Cl)cc2)CCN1C(=NCCCc1ccccc1)NC#N. The van der Waals surface area contributed by atoms with Crippen molar-refractivity contribution in [3.8, 4) is 6.19 Å². The Morgan fingerprint density at radius 1 is 1.18 bits per heavy atom. The number of hydrogen-bond donors (Lipinski definition) is 2. The number of aliphatic imine (C=N–C) groups is 1. The number of rotatable bonds is 6. The summed E-state index contributed by atoms with van der Waals surface area (Å²) in [4.78, 5) is 21.5. The van der Waals surface area contributed by atoms with Crippen molar-refractivity contribution >= 4 is 29.3 Å². The quantitative estimate of drug-likeness (QED) is 0.215. The van der Waals surface area contributed by atoms with Crippen molar-refractivity contribution in [3.05, 3.63) is 65.2 Å². The largest absolute Gasteiger partial charge is 0.335 e. The van der Waals surface area contributed by atoms with Crippen LogP contribution in [-0.4, -0.2) is 54.0 Å². The summed E-state index contributed by atoms with van der Waals surface area (Å²) in [6, 6.07) is 17.3. The van der Waals surface area contributed by atoms with Crippen LogP contribution in [0.3, 0.4) is 0 Å². The first kappa shape index (κ1) is 24.4. The number of carbonyl (C=O) groups is 1. The summed E-state index contributed by atoms with van der Waals surface area (Å²) in [5, 5.41) is 15.6. The number of nitriles is 1. The number of carbonyl (C=O) groups excluding carboxylic acids is 1. The second-order valence-corrected chi connectivity index (χ2v) is 8.86. The highest BCUT2D eigenvalue weighted by atomic mass is 35.5. The van der Waals surface area contributed by atoms with E-state index in [9.17, 15) is 10.1 Å². The zero-order valence-electron chi connectivity index (χ0n) is 19.2. The monoisotopic (exact) mass is 466 g/mol. The minimum absolute atomic E-state index is 0.0449. The Morgan fingerprint density at radius 3 is 2.58 bits per heavy atom. The van der Waals surface area contributed by atoms with Crippen LogP contribution in [0.25, 0.3) is 0 Å². The molecule has 0 spiro atoms. The predicted octanol–water partition coefficient (Wildman–Crippen LogP) is 4.57. The summed E-state index contributed by atoms with van der Waals surface area (Å²) >= 11 is 5.93. The van der Waals surface area contributed by atoms with E-state index in [0.717, 1.165) is 12.8 Å². The molecule has 2 N–H and O–H groups in total. The minimum Gasteiger partial charge on any atom is -0.335 e. The molecule has 33 heavy (non-hydrogen) atoms. The van der Waals surface area contributed by atoms with E-state index in [-0.39, 0.29) is 18.0 Å². The molecular formula is C25H31ClN6O. The Kier molecular flexibility index (Phi) is 8.96. The molecule has 1 aliphatic heterocycles. The van der Waals surface area contributed by atoms with Crippen molar-refractivity contribution in [2.45, 2.75) is 32.7 Å². The molecule has 0 aromatic heterocycles. The van der Waals surface area contributed by atoms with Gasteiger partial charge < -0.3 is 15.1 Å². The standard InChI is InChI=1S/C25H31ClN6O/c1-19(2)23-17-31(25(33)30-22-12-10-21(26)11-13-22)15-16-32(23)24(29-18-27)28-14-6-9-20-7-4-3-5-8-20/h3-5,7-8,10-13,19,23H,6,9,14-17H2,1-2H3,(H,28,29)(H,30,33). The van der Waals surface area contributed by atoms with E-state index in [2.05, 4.69) is 41.5 Å². The van der Waals surface area contributed by atoms with Crippen LogP contribution in [0.4, 0.5) is 10.5 Å². The lowest BCUT2D eigenvalue weighted by Gasteiger charge is -2.44. The number of hydrogen-bond acceptors (Lipinski definition) is 3. The van der Waals surface area contributed by atoms with Gasteiger partial charge in [-0.25, -0.2) is 4.79 Å². The van der Waals surface area contributed by atoms with Gasteiger partial charge in [0.05, 0.1) is 6.04 Å². The van der Waals surface area contributed by atoms with Gasteiger partial charge in [0.1, 0.15) is 0 Å². The van der Waals surface area contributed by atoms with Crippen LogP contribution in [0.5, 0.6) is 0 Å². The summed E-state index contributed by atoms with van der Waals surface area (Å²) in [7, 11) is 0. The third-order valence-corrected chi connectivity index (χ3v) is 5.99. The first-order valence-electron chi connectivity index (χ1n) is 11.3. The Labute approximate surface area is 201 Å². The van der Waals surface area contributed by atoms with Gasteiger partial charge >= 0.3 is 6.03 Å². The number of guanidine groups is 1. The second kappa shape index (κ2) is 12.1. The number of aryl methyl sites for hydroxylation is 1. The molecule has 2 aromatic carbocycles. The lowest BCUT2D eigenvalue weighted by molar-refractivity contribution is 0.118. The minimum atomic E-state index is -0.141. The lowest BCUT2D eigenvalue weighted by Crippen LogP contribution is -2.60. The van der Waals surface area contributed by atoms with E-state index in [1.165, 1.54) is 5.56 Å². The van der Waals surface area contributed by atoms with Crippen molar-refractivity contribution < 1.29 is 4.79 Å². The molecule has 174 valence electrons. The normalized spacial score (nSPS) is 16.5. The molecule has 3 rings (SSSR count). The second-order valence-electron chi connectivity index (χ2n) is 8.42. The van der Waals surface area contributed by atoms with Crippen molar-refractivity contribution in [2.24, 2.45) is 10.9 Å². The fourth-order valence-electron chi connectivity index (χ4n) is 3.93. The van der Waals surface area contributed by atoms with Crippen LogP contribution in [0.15, 0.2) is 59.6 Å². The van der Waals surface area contributed by atoms with E-state index in [0.29, 0.717) is 42.8 Å². The van der Waals surface area contributed by atoms with Gasteiger partial charge in [-0.05, 0) is 48.6 Å². The first-order valence-corrected chi connectivity index (χ1v) is 11.7. The molecular weight excluding hydrogens is 436 g/mol. The van der Waals surface area contributed by atoms with Gasteiger partial charge in [-0.15, -0.1) is 0 Å². The van der Waals surface area contributed by atoms with E-state index < -0.39 is 0 Å². The van der Waals surface area contributed by atoms with E-state index in [1.807, 2.05) is 29.3 Å². The number of urea groups is 1. The average molecular weight is 467 g/mol. The molecule has 2 aromatic rings. The van der Waals surface area contributed by atoms with E-state index in [4.69, 9.17) is 16.6 Å². The van der Waals surface area contributed by atoms with Crippen LogP contribution in [-0.2, 0) is 6.42 Å². The first-order chi connectivity index (χ1) is 16.0. The zero-order chi connectivity index (χ0) is 23.6. The van der Waals surface area contributed by atoms with E-state index in [1.54, 1.807) is 24.3 Å². The molecule has 2 amide bonds. The van der Waals surface area contributed by atoms with Gasteiger partial charge in [0.25, 0.3) is 0 Å². The van der Waals surface area contributed by atoms with Crippen LogP contribution in [0.1, 0.15) is 25.8 Å². The highest BCUT2D eigenvalue weighted by molar-refractivity contribution is 6.30. The Morgan fingerprint density at radius 2 is 1.91 bits per heavy atom. The summed E-state index contributed by atoms with van der Waals surface area (Å²) in [6.45, 7) is 6.56. The molecule has 0 saturated carbocycles. The number of anilines is 1. The highest BCUT2D eigenvalue weighted by Gasteiger charge is 2.33. The predicted molar refractivity (Wildman–Crippen MR) is 133 cm³/mol. The maximum absolute atomic E-state index is 12.8. The third-order valence-electron chi connectivity index (χ3n) is 5.74. The smallest absolute Gasteiger partial charge is 0.321 e. The maximum Gasteiger partial charge on any atom is 0.321 e. The summed E-state index contributed by atoms with van der Waals surface area (Å²) < 4.78 is 0. The summed E-state index contributed by atoms with van der Waals surface area (Å²) in [5.74, 6) is 0.855. The Bertz CT molecular complexity index is 971. The van der Waals surface area contributed by atoms with Gasteiger partial charge in [0.15, 0.2) is 6.19 Å². The molecule has 7 nitrogen and oxygen atoms in total. The number of halogens is 1. The Balaban J connectivity index is 1.62. The number of benzene rings is 2. The molecule has 1 atom stereocenters. The summed E-state index contributed by atoms with van der Waals surface area (Å²) in [5.41, 5.74) is 1.99. The number of piperazine rings is 1. The van der Waals surface area contributed by atoms with Crippen molar-refractivity contribution in [2.75, 3.05) is 31.5 Å². The fourth-order valence-corrected chi connectivity index (χ4v) is 4.05. The van der Waals surface area contributed by atoms with Gasteiger partial charge in [-0.3, -0.25) is 10.3 Å². The summed E-state index contributed by atoms with van der Waals surface area (Å²) in [6.07, 6.45) is 3.87. The fraction of sp³-hybridized carbons (Fsp3) is 0.400. The van der Waals surface area contributed by atoms with Gasteiger partial charge in [0.2, 0.25) is 5.96 Å². The topological polar surface area (TPSA) is 83.8 Å². The van der Waals surface area contributed by atoms with Gasteiger partial charge in [0, 0.05) is 36.9 Å². The molecule has 1 fully saturated rings. The van der Waals surface area contributed by atoms with Crippen molar-refractivity contribution in [1.82, 2.24) is 15.1 Å². The molecule has 0 radical (unpaired) electrons. The van der Waals surface area contributed by atoms with Crippen LogP contribution < -0.4 is 10.6 Å². The van der Waals surface area contributed by atoms with Crippen LogP contribution in [0, 0.1) is 17.4 Å². The molecule has 8 heteroatoms. The molecule has 0 bridgehead atoms. The average Bonchev–Trinajstić information content (AvgIpc) is 2.82. The molecule has 1 unspecified atom stereocenters. The number of nitrogens with zero attached hydrogens (tertiary/aromatic N) is 4. The third kappa shape index (κ3) is 7.13. The van der Waals surface area contributed by atoms with Crippen molar-refractivity contribution in [1.29, 1.82) is 5.26 Å². The lowest BCUT2D eigenvalue weighted by atomic mass is 10.00. The van der Waals surface area contributed by atoms with Gasteiger partial charge in [-0.2, -0.15) is 5.26 Å². The zero-order valence-corrected chi connectivity index (χ0v) is 19.9. The molecule has 1 aliphatic rings. The van der Waals surface area contributed by atoms with E-state index >= 15 is 0 Å². The molecule has 0 aliphatic carbocycles. The number of nitrogens with one attached hydrogen (secondary N) is 2. The molecule has 1 heterocycles. The highest BCUT2D eigenvalue weighted by Crippen LogP contribution is 2.20. The maximum atomic E-state index is 12.8. The Hall–Kier alpha value is -3.24. The van der Waals surface area contributed by atoms with Gasteiger partial charge in [-0.1, -0.05) is 55.8 Å². The number of amides is 2. The van der Waals surface area contributed by atoms with Crippen LogP contribution in [0.2, 0.25) is 5.02 Å². The van der Waals surface area contributed by atoms with Crippen molar-refractivity contribution in [3.63, 3.8) is 0 Å². The van der Waals surface area contributed by atoms with Crippen LogP contribution >= 0.6 is 11.6 Å².